The molecule has 3 N–H and O–H groups in total. The molecule has 21 heavy (non-hydrogen) atoms. The second kappa shape index (κ2) is 6.36. The van der Waals surface area contributed by atoms with Gasteiger partial charge in [0.2, 0.25) is 0 Å². The average Bonchev–Trinajstić information content (AvgIpc) is 2.42. The van der Waals surface area contributed by atoms with Crippen molar-refractivity contribution in [2.24, 2.45) is 0 Å². The third kappa shape index (κ3) is 3.89. The summed E-state index contributed by atoms with van der Waals surface area (Å²) >= 11 is 3.24. The number of halogens is 1. The molecule has 0 bridgehead atoms. The van der Waals surface area contributed by atoms with E-state index in [0.717, 1.165) is 0 Å². The number of sulfonamides is 1. The molecular weight excluding hydrogens is 356 g/mol. The number of benzene rings is 2. The summed E-state index contributed by atoms with van der Waals surface area (Å²) in [5.74, 6) is 0.597. The fourth-order valence-electron chi connectivity index (χ4n) is 1.77. The van der Waals surface area contributed by atoms with Crippen LogP contribution in [0.5, 0.6) is 5.75 Å². The van der Waals surface area contributed by atoms with E-state index in [0.29, 0.717) is 22.5 Å². The van der Waals surface area contributed by atoms with Crippen LogP contribution in [0, 0.1) is 0 Å². The van der Waals surface area contributed by atoms with Crippen LogP contribution < -0.4 is 15.2 Å². The first-order valence-corrected chi connectivity index (χ1v) is 8.50. The SMILES string of the molecule is CCOc1cccc(NS(=O)(=O)c2cc(Br)ccc2N)c1. The Morgan fingerprint density at radius 1 is 1.24 bits per heavy atom. The minimum Gasteiger partial charge on any atom is -0.494 e. The monoisotopic (exact) mass is 370 g/mol. The van der Waals surface area contributed by atoms with Crippen molar-refractivity contribution < 1.29 is 13.2 Å². The van der Waals surface area contributed by atoms with Crippen LogP contribution in [0.25, 0.3) is 0 Å². The summed E-state index contributed by atoms with van der Waals surface area (Å²) in [7, 11) is -3.76. The minimum atomic E-state index is -3.76. The lowest BCUT2D eigenvalue weighted by atomic mass is 10.3. The maximum atomic E-state index is 12.4. The highest BCUT2D eigenvalue weighted by Gasteiger charge is 2.18. The van der Waals surface area contributed by atoms with Crippen molar-refractivity contribution in [1.29, 1.82) is 0 Å². The van der Waals surface area contributed by atoms with E-state index in [9.17, 15) is 8.42 Å². The molecule has 0 aliphatic heterocycles. The van der Waals surface area contributed by atoms with Gasteiger partial charge in [-0.1, -0.05) is 22.0 Å². The number of nitrogen functional groups attached to an aromatic ring is 1. The quantitative estimate of drug-likeness (QED) is 0.791. The fourth-order valence-corrected chi connectivity index (χ4v) is 3.49. The van der Waals surface area contributed by atoms with E-state index in [1.54, 1.807) is 30.3 Å². The average molecular weight is 371 g/mol. The molecule has 7 heteroatoms. The topological polar surface area (TPSA) is 81.4 Å². The van der Waals surface area contributed by atoms with Crippen LogP contribution >= 0.6 is 15.9 Å². The Bertz CT molecular complexity index is 748. The van der Waals surface area contributed by atoms with Crippen LogP contribution in [0.3, 0.4) is 0 Å². The summed E-state index contributed by atoms with van der Waals surface area (Å²) in [6.45, 7) is 2.37. The number of hydrogen-bond acceptors (Lipinski definition) is 4. The van der Waals surface area contributed by atoms with Crippen LogP contribution in [-0.4, -0.2) is 15.0 Å². The Kier molecular flexibility index (Phi) is 4.74. The molecule has 0 heterocycles. The fraction of sp³-hybridized carbons (Fsp3) is 0.143. The van der Waals surface area contributed by atoms with E-state index >= 15 is 0 Å². The van der Waals surface area contributed by atoms with Gasteiger partial charge in [-0.05, 0) is 37.3 Å². The smallest absolute Gasteiger partial charge is 0.263 e. The number of nitrogens with one attached hydrogen (secondary N) is 1. The van der Waals surface area contributed by atoms with Crippen LogP contribution in [0.4, 0.5) is 11.4 Å². The van der Waals surface area contributed by atoms with Crippen molar-refractivity contribution in [2.75, 3.05) is 17.1 Å². The predicted molar refractivity (Wildman–Crippen MR) is 87.0 cm³/mol. The largest absolute Gasteiger partial charge is 0.494 e. The molecule has 2 rings (SSSR count). The maximum absolute atomic E-state index is 12.4. The van der Waals surface area contributed by atoms with Crippen molar-refractivity contribution in [3.05, 3.63) is 46.9 Å². The van der Waals surface area contributed by atoms with Gasteiger partial charge in [0, 0.05) is 10.5 Å². The van der Waals surface area contributed by atoms with Crippen LogP contribution in [0.15, 0.2) is 51.8 Å². The summed E-state index contributed by atoms with van der Waals surface area (Å²) in [5.41, 5.74) is 6.35. The first-order valence-electron chi connectivity index (χ1n) is 6.23. The minimum absolute atomic E-state index is 0.0266. The molecule has 0 saturated heterocycles. The first kappa shape index (κ1) is 15.7. The number of hydrogen-bond donors (Lipinski definition) is 2. The molecule has 0 fully saturated rings. The van der Waals surface area contributed by atoms with Gasteiger partial charge in [-0.2, -0.15) is 0 Å². The van der Waals surface area contributed by atoms with E-state index < -0.39 is 10.0 Å². The zero-order chi connectivity index (χ0) is 15.5. The van der Waals surface area contributed by atoms with E-state index in [4.69, 9.17) is 10.5 Å². The van der Waals surface area contributed by atoms with E-state index in [2.05, 4.69) is 20.7 Å². The summed E-state index contributed by atoms with van der Waals surface area (Å²) < 4.78 is 33.3. The van der Waals surface area contributed by atoms with Gasteiger partial charge in [-0.15, -0.1) is 0 Å². The van der Waals surface area contributed by atoms with E-state index in [-0.39, 0.29) is 10.6 Å². The Morgan fingerprint density at radius 2 is 2.00 bits per heavy atom. The molecule has 112 valence electrons. The highest BCUT2D eigenvalue weighted by molar-refractivity contribution is 9.10. The molecule has 0 aromatic heterocycles. The van der Waals surface area contributed by atoms with Crippen molar-refractivity contribution in [3.8, 4) is 5.75 Å². The molecule has 0 spiro atoms. The molecule has 0 atom stereocenters. The summed E-state index contributed by atoms with van der Waals surface area (Å²) in [5, 5.41) is 0. The van der Waals surface area contributed by atoms with Crippen LogP contribution in [0.1, 0.15) is 6.92 Å². The van der Waals surface area contributed by atoms with E-state index in [1.165, 1.54) is 12.1 Å². The highest BCUT2D eigenvalue weighted by Crippen LogP contribution is 2.26. The molecule has 2 aromatic carbocycles. The number of ether oxygens (including phenoxy) is 1. The Labute approximate surface area is 132 Å². The second-order valence-corrected chi connectivity index (χ2v) is 6.81. The van der Waals surface area contributed by atoms with Gasteiger partial charge in [-0.25, -0.2) is 8.42 Å². The molecular formula is C14H15BrN2O3S. The maximum Gasteiger partial charge on any atom is 0.263 e. The molecule has 0 amide bonds. The Morgan fingerprint density at radius 3 is 2.71 bits per heavy atom. The standard InChI is InChI=1S/C14H15BrN2O3S/c1-2-20-12-5-3-4-11(9-12)17-21(18,19)14-8-10(15)6-7-13(14)16/h3-9,17H,2,16H2,1H3. The molecule has 0 saturated carbocycles. The second-order valence-electron chi connectivity index (χ2n) is 4.25. The third-order valence-corrected chi connectivity index (χ3v) is 4.59. The van der Waals surface area contributed by atoms with Gasteiger partial charge in [0.15, 0.2) is 0 Å². The van der Waals surface area contributed by atoms with Gasteiger partial charge in [0.05, 0.1) is 18.0 Å². The van der Waals surface area contributed by atoms with Gasteiger partial charge >= 0.3 is 0 Å². The lowest BCUT2D eigenvalue weighted by Crippen LogP contribution is -2.14. The van der Waals surface area contributed by atoms with Crippen molar-refractivity contribution >= 4 is 37.3 Å². The molecule has 0 radical (unpaired) electrons. The van der Waals surface area contributed by atoms with Crippen molar-refractivity contribution in [1.82, 2.24) is 0 Å². The van der Waals surface area contributed by atoms with Gasteiger partial charge in [0.25, 0.3) is 10.0 Å². The lowest BCUT2D eigenvalue weighted by molar-refractivity contribution is 0.340. The predicted octanol–water partition coefficient (Wildman–Crippen LogP) is 3.23. The number of nitrogens with two attached hydrogens (primary N) is 1. The molecule has 2 aromatic rings. The lowest BCUT2D eigenvalue weighted by Gasteiger charge is -2.11. The summed E-state index contributed by atoms with van der Waals surface area (Å²) in [4.78, 5) is 0.0266. The van der Waals surface area contributed by atoms with Crippen LogP contribution in [0.2, 0.25) is 0 Å². The van der Waals surface area contributed by atoms with Gasteiger partial charge < -0.3 is 10.5 Å². The van der Waals surface area contributed by atoms with Gasteiger partial charge in [0.1, 0.15) is 10.6 Å². The number of anilines is 2. The first-order chi connectivity index (χ1) is 9.92. The Balaban J connectivity index is 2.33. The molecule has 5 nitrogen and oxygen atoms in total. The Hall–Kier alpha value is -1.73. The van der Waals surface area contributed by atoms with Crippen LogP contribution in [-0.2, 0) is 10.0 Å². The summed E-state index contributed by atoms with van der Waals surface area (Å²) in [6.07, 6.45) is 0. The molecule has 0 aliphatic rings. The molecule has 0 unspecified atom stereocenters. The van der Waals surface area contributed by atoms with Crippen molar-refractivity contribution in [3.63, 3.8) is 0 Å². The van der Waals surface area contributed by atoms with Crippen molar-refractivity contribution in [2.45, 2.75) is 11.8 Å². The van der Waals surface area contributed by atoms with E-state index in [1.807, 2.05) is 6.92 Å². The summed E-state index contributed by atoms with van der Waals surface area (Å²) in [6, 6.07) is 11.4. The third-order valence-electron chi connectivity index (χ3n) is 2.66. The van der Waals surface area contributed by atoms with Gasteiger partial charge in [-0.3, -0.25) is 4.72 Å². The zero-order valence-electron chi connectivity index (χ0n) is 11.3. The normalized spacial score (nSPS) is 11.1. The number of rotatable bonds is 5. The zero-order valence-corrected chi connectivity index (χ0v) is 13.7. The molecule has 0 aliphatic carbocycles. The highest BCUT2D eigenvalue weighted by atomic mass is 79.9.